The van der Waals surface area contributed by atoms with Crippen LogP contribution < -0.4 is 10.6 Å². The number of anilines is 2. The molecule has 1 heterocycles. The van der Waals surface area contributed by atoms with Gasteiger partial charge in [0.2, 0.25) is 0 Å². The Kier molecular flexibility index (Phi) is 2.92. The van der Waals surface area contributed by atoms with Crippen LogP contribution in [0.3, 0.4) is 0 Å². The molecule has 0 aliphatic heterocycles. The molecule has 0 spiro atoms. The van der Waals surface area contributed by atoms with Crippen LogP contribution in [0.1, 0.15) is 30.1 Å². The van der Waals surface area contributed by atoms with E-state index in [1.165, 1.54) is 25.1 Å². The minimum Gasteiger partial charge on any atom is -0.478 e. The molecule has 0 saturated heterocycles. The number of hydrogen-bond acceptors (Lipinski definition) is 4. The lowest BCUT2D eigenvalue weighted by atomic mass is 10.1. The molecule has 3 N–H and O–H groups in total. The lowest BCUT2D eigenvalue weighted by molar-refractivity contribution is 0.0698. The van der Waals surface area contributed by atoms with Gasteiger partial charge in [-0.1, -0.05) is 0 Å². The molecule has 92 valence electrons. The summed E-state index contributed by atoms with van der Waals surface area (Å²) in [5.74, 6) is 0.220. The van der Waals surface area contributed by atoms with E-state index in [4.69, 9.17) is 10.8 Å². The average Bonchev–Trinajstić information content (AvgIpc) is 3.11. The lowest BCUT2D eigenvalue weighted by Gasteiger charge is -2.27. The van der Waals surface area contributed by atoms with E-state index in [2.05, 4.69) is 11.9 Å². The quantitative estimate of drug-likeness (QED) is 0.828. The van der Waals surface area contributed by atoms with E-state index in [9.17, 15) is 4.79 Å². The summed E-state index contributed by atoms with van der Waals surface area (Å²) in [5, 5.41) is 9.01. The maximum atomic E-state index is 11.0. The third kappa shape index (κ3) is 2.18. The first-order chi connectivity index (χ1) is 8.02. The van der Waals surface area contributed by atoms with Gasteiger partial charge in [0.05, 0.1) is 11.3 Å². The number of nitrogens with zero attached hydrogens (tertiary/aromatic N) is 2. The van der Waals surface area contributed by atoms with Gasteiger partial charge >= 0.3 is 5.97 Å². The number of aromatic carboxylic acids is 1. The van der Waals surface area contributed by atoms with Gasteiger partial charge in [-0.25, -0.2) is 9.78 Å². The van der Waals surface area contributed by atoms with Gasteiger partial charge in [0.25, 0.3) is 0 Å². The lowest BCUT2D eigenvalue weighted by Crippen LogP contribution is -2.32. The molecule has 1 fully saturated rings. The van der Waals surface area contributed by atoms with Crippen LogP contribution in [0.25, 0.3) is 0 Å². The van der Waals surface area contributed by atoms with Crippen LogP contribution in [0, 0.1) is 5.92 Å². The first-order valence-electron chi connectivity index (χ1n) is 5.73. The van der Waals surface area contributed by atoms with E-state index >= 15 is 0 Å². The molecule has 0 radical (unpaired) electrons. The maximum absolute atomic E-state index is 11.0. The molecule has 5 heteroatoms. The summed E-state index contributed by atoms with van der Waals surface area (Å²) in [4.78, 5) is 17.1. The third-order valence-electron chi connectivity index (χ3n) is 3.45. The van der Waals surface area contributed by atoms with Crippen molar-refractivity contribution < 1.29 is 9.90 Å². The highest BCUT2D eigenvalue weighted by Crippen LogP contribution is 2.37. The van der Waals surface area contributed by atoms with Crippen LogP contribution in [0.5, 0.6) is 0 Å². The average molecular weight is 235 g/mol. The Morgan fingerprint density at radius 2 is 2.29 bits per heavy atom. The Labute approximate surface area is 100 Å². The van der Waals surface area contributed by atoms with Gasteiger partial charge in [-0.2, -0.15) is 0 Å². The zero-order chi connectivity index (χ0) is 12.6. The number of aromatic nitrogens is 1. The van der Waals surface area contributed by atoms with Gasteiger partial charge in [-0.15, -0.1) is 0 Å². The number of hydrogen-bond donors (Lipinski definition) is 2. The molecule has 1 aliphatic carbocycles. The van der Waals surface area contributed by atoms with Gasteiger partial charge in [0, 0.05) is 19.3 Å². The zero-order valence-corrected chi connectivity index (χ0v) is 10.1. The van der Waals surface area contributed by atoms with Crippen molar-refractivity contribution >= 4 is 17.5 Å². The standard InChI is InChI=1S/C12H17N3O2/c1-7(8-3-4-8)15(2)11-10(13)9(12(16)17)5-6-14-11/h5-8H,3-4,13H2,1-2H3,(H,16,17). The molecular formula is C12H17N3O2. The number of pyridine rings is 1. The number of nitrogen functional groups attached to an aromatic ring is 1. The van der Waals surface area contributed by atoms with E-state index in [0.717, 1.165) is 0 Å². The minimum atomic E-state index is -1.02. The van der Waals surface area contributed by atoms with E-state index in [1.807, 2.05) is 11.9 Å². The molecule has 0 amide bonds. The third-order valence-corrected chi connectivity index (χ3v) is 3.45. The molecule has 0 aromatic carbocycles. The Morgan fingerprint density at radius 1 is 1.65 bits per heavy atom. The van der Waals surface area contributed by atoms with E-state index < -0.39 is 5.97 Å². The molecule has 1 unspecified atom stereocenters. The van der Waals surface area contributed by atoms with Crippen LogP contribution in [-0.4, -0.2) is 29.1 Å². The number of carboxylic acid groups (broad SMARTS) is 1. The fraction of sp³-hybridized carbons (Fsp3) is 0.500. The van der Waals surface area contributed by atoms with Crippen molar-refractivity contribution in [3.05, 3.63) is 17.8 Å². The highest BCUT2D eigenvalue weighted by atomic mass is 16.4. The summed E-state index contributed by atoms with van der Waals surface area (Å²) in [7, 11) is 1.91. The van der Waals surface area contributed by atoms with Gasteiger partial charge in [-0.3, -0.25) is 0 Å². The molecule has 0 bridgehead atoms. The van der Waals surface area contributed by atoms with E-state index in [1.54, 1.807) is 0 Å². The summed E-state index contributed by atoms with van der Waals surface area (Å²) >= 11 is 0. The topological polar surface area (TPSA) is 79.5 Å². The van der Waals surface area contributed by atoms with Crippen LogP contribution in [0.2, 0.25) is 0 Å². The largest absolute Gasteiger partial charge is 0.478 e. The van der Waals surface area contributed by atoms with Crippen molar-refractivity contribution in [3.8, 4) is 0 Å². The molecule has 2 rings (SSSR count). The fourth-order valence-corrected chi connectivity index (χ4v) is 2.02. The van der Waals surface area contributed by atoms with Crippen LogP contribution >= 0.6 is 0 Å². The van der Waals surface area contributed by atoms with Crippen molar-refractivity contribution in [2.75, 3.05) is 17.7 Å². The second-order valence-electron chi connectivity index (χ2n) is 4.59. The van der Waals surface area contributed by atoms with E-state index in [-0.39, 0.29) is 11.3 Å². The van der Waals surface area contributed by atoms with Gasteiger partial charge < -0.3 is 15.7 Å². The summed E-state index contributed by atoms with van der Waals surface area (Å²) in [5.41, 5.74) is 6.22. The highest BCUT2D eigenvalue weighted by Gasteiger charge is 2.32. The van der Waals surface area contributed by atoms with Crippen molar-refractivity contribution in [1.82, 2.24) is 4.98 Å². The second kappa shape index (κ2) is 4.24. The molecule has 5 nitrogen and oxygen atoms in total. The zero-order valence-electron chi connectivity index (χ0n) is 10.1. The van der Waals surface area contributed by atoms with Crippen molar-refractivity contribution in [2.45, 2.75) is 25.8 Å². The van der Waals surface area contributed by atoms with Gasteiger partial charge in [0.15, 0.2) is 5.82 Å². The molecule has 1 aromatic rings. The first-order valence-corrected chi connectivity index (χ1v) is 5.73. The van der Waals surface area contributed by atoms with Gasteiger partial charge in [0.1, 0.15) is 0 Å². The summed E-state index contributed by atoms with van der Waals surface area (Å²) in [6.45, 7) is 2.12. The number of carbonyl (C=O) groups is 1. The van der Waals surface area contributed by atoms with Crippen molar-refractivity contribution in [2.24, 2.45) is 5.92 Å². The molecule has 17 heavy (non-hydrogen) atoms. The Morgan fingerprint density at radius 3 is 2.82 bits per heavy atom. The highest BCUT2D eigenvalue weighted by molar-refractivity contribution is 5.96. The molecule has 1 saturated carbocycles. The van der Waals surface area contributed by atoms with Crippen LogP contribution in [0.15, 0.2) is 12.3 Å². The molecule has 1 atom stereocenters. The predicted molar refractivity (Wildman–Crippen MR) is 66.2 cm³/mol. The minimum absolute atomic E-state index is 0.116. The normalized spacial score (nSPS) is 16.6. The van der Waals surface area contributed by atoms with Crippen LogP contribution in [-0.2, 0) is 0 Å². The first kappa shape index (κ1) is 11.7. The summed E-state index contributed by atoms with van der Waals surface area (Å²) in [6.07, 6.45) is 3.94. The van der Waals surface area contributed by atoms with Crippen molar-refractivity contribution in [3.63, 3.8) is 0 Å². The molecule has 1 aromatic heterocycles. The molecule has 1 aliphatic rings. The summed E-state index contributed by atoms with van der Waals surface area (Å²) in [6, 6.07) is 1.77. The molecular weight excluding hydrogens is 218 g/mol. The number of carboxylic acids is 1. The number of nitrogens with two attached hydrogens (primary N) is 1. The van der Waals surface area contributed by atoms with Crippen LogP contribution in [0.4, 0.5) is 11.5 Å². The van der Waals surface area contributed by atoms with E-state index in [0.29, 0.717) is 17.8 Å². The maximum Gasteiger partial charge on any atom is 0.337 e. The fourth-order valence-electron chi connectivity index (χ4n) is 2.02. The van der Waals surface area contributed by atoms with Gasteiger partial charge in [-0.05, 0) is 31.7 Å². The smallest absolute Gasteiger partial charge is 0.337 e. The van der Waals surface area contributed by atoms with Crippen molar-refractivity contribution in [1.29, 1.82) is 0 Å². The Bertz CT molecular complexity index is 443. The second-order valence-corrected chi connectivity index (χ2v) is 4.59. The Balaban J connectivity index is 2.31. The monoisotopic (exact) mass is 235 g/mol. The summed E-state index contributed by atoms with van der Waals surface area (Å²) < 4.78 is 0. The SMILES string of the molecule is CC(C1CC1)N(C)c1nccc(C(=O)O)c1N. The number of rotatable bonds is 4. The predicted octanol–water partition coefficient (Wildman–Crippen LogP) is 1.60. The Hall–Kier alpha value is -1.78.